The number of aromatic nitrogens is 3. The Morgan fingerprint density at radius 2 is 1.50 bits per heavy atom. The highest BCUT2D eigenvalue weighted by Gasteiger charge is 2.68. The van der Waals surface area contributed by atoms with E-state index < -0.39 is 0 Å². The van der Waals surface area contributed by atoms with Crippen molar-refractivity contribution in [3.05, 3.63) is 6.33 Å². The van der Waals surface area contributed by atoms with Crippen LogP contribution in [0.15, 0.2) is 11.5 Å². The normalized spacial score (nSPS) is 45.4. The largest absolute Gasteiger partial charge is 0.298 e. The van der Waals surface area contributed by atoms with Gasteiger partial charge in [-0.2, -0.15) is 0 Å². The van der Waals surface area contributed by atoms with Crippen molar-refractivity contribution in [2.45, 2.75) is 83.7 Å². The maximum atomic E-state index is 13.3. The molecule has 4 aliphatic rings. The highest BCUT2D eigenvalue weighted by atomic mass is 32.2. The van der Waals surface area contributed by atoms with Crippen LogP contribution in [0.25, 0.3) is 0 Å². The Labute approximate surface area is 171 Å². The van der Waals surface area contributed by atoms with Crippen LogP contribution in [0.5, 0.6) is 0 Å². The van der Waals surface area contributed by atoms with E-state index >= 15 is 0 Å². The molecule has 0 N–H and O–H groups in total. The zero-order valence-electron chi connectivity index (χ0n) is 17.8. The summed E-state index contributed by atoms with van der Waals surface area (Å²) in [6.45, 7) is 13.5. The fourth-order valence-electron chi connectivity index (χ4n) is 7.24. The number of carbonyl (C=O) groups excluding carboxylic acids is 2. The third-order valence-corrected chi connectivity index (χ3v) is 11.5. The molecule has 6 atom stereocenters. The predicted molar refractivity (Wildman–Crippen MR) is 108 cm³/mol. The number of rotatable bonds is 3. The zero-order valence-corrected chi connectivity index (χ0v) is 18.6. The lowest BCUT2D eigenvalue weighted by molar-refractivity contribution is -0.126. The Bertz CT molecular complexity index is 890. The third kappa shape index (κ3) is 1.87. The molecule has 4 aliphatic carbocycles. The first kappa shape index (κ1) is 18.8. The summed E-state index contributed by atoms with van der Waals surface area (Å²) in [7, 11) is 0. The van der Waals surface area contributed by atoms with E-state index in [-0.39, 0.29) is 44.8 Å². The number of carbonyl (C=O) groups is 2. The molecule has 0 radical (unpaired) electrons. The van der Waals surface area contributed by atoms with Crippen LogP contribution < -0.4 is 0 Å². The van der Waals surface area contributed by atoms with Gasteiger partial charge in [0.05, 0.1) is 5.25 Å². The summed E-state index contributed by atoms with van der Waals surface area (Å²) in [5, 5.41) is 9.21. The molecule has 0 spiro atoms. The second kappa shape index (κ2) is 5.30. The van der Waals surface area contributed by atoms with Crippen molar-refractivity contribution in [1.29, 1.82) is 0 Å². The van der Waals surface area contributed by atoms with E-state index in [2.05, 4.69) is 51.7 Å². The Kier molecular flexibility index (Phi) is 3.56. The number of fused-ring (bicyclic) bond motifs is 4. The van der Waals surface area contributed by atoms with Crippen LogP contribution in [-0.4, -0.2) is 31.6 Å². The van der Waals surface area contributed by atoms with E-state index in [1.807, 2.05) is 4.57 Å². The first-order valence-electron chi connectivity index (χ1n) is 10.6. The number of nitrogens with zero attached hydrogens (tertiary/aromatic N) is 3. The number of Topliss-reactive ketones (excluding diaryl/α,β-unsaturated/α-hetero) is 2. The van der Waals surface area contributed by atoms with Gasteiger partial charge in [-0.1, -0.05) is 53.3 Å². The van der Waals surface area contributed by atoms with Crippen LogP contribution in [0.1, 0.15) is 73.3 Å². The van der Waals surface area contributed by atoms with Gasteiger partial charge in [0.15, 0.2) is 10.9 Å². The molecule has 1 aromatic heterocycles. The standard InChI is InChI=1S/C22H31N3O2S/c1-19(2)12-7-9-21(19,5)16(14(12)26)25-11-23-24-18(25)28-17-15(27)13-8-10-22(17,6)20(13,3)4/h11-13,16-17H,7-10H2,1-6H3/t12-,13+,16+,17-,21-,22+/m1/s1. The molecule has 28 heavy (non-hydrogen) atoms. The molecule has 152 valence electrons. The topological polar surface area (TPSA) is 64.8 Å². The second-order valence-corrected chi connectivity index (χ2v) is 12.3. The van der Waals surface area contributed by atoms with Crippen LogP contribution >= 0.6 is 11.8 Å². The highest BCUT2D eigenvalue weighted by molar-refractivity contribution is 8.00. The highest BCUT2D eigenvalue weighted by Crippen LogP contribution is 2.69. The number of thioether (sulfide) groups is 1. The number of ketones is 2. The molecule has 6 heteroatoms. The van der Waals surface area contributed by atoms with Gasteiger partial charge in [-0.25, -0.2) is 0 Å². The summed E-state index contributed by atoms with van der Waals surface area (Å²) in [5.41, 5.74) is -0.119. The Morgan fingerprint density at radius 3 is 2.04 bits per heavy atom. The summed E-state index contributed by atoms with van der Waals surface area (Å²) in [4.78, 5) is 26.4. The predicted octanol–water partition coefficient (Wildman–Crippen LogP) is 4.33. The van der Waals surface area contributed by atoms with Crippen LogP contribution in [-0.2, 0) is 9.59 Å². The lowest BCUT2D eigenvalue weighted by Crippen LogP contribution is -2.37. The monoisotopic (exact) mass is 401 g/mol. The van der Waals surface area contributed by atoms with E-state index in [4.69, 9.17) is 0 Å². The quantitative estimate of drug-likeness (QED) is 0.754. The number of hydrogen-bond acceptors (Lipinski definition) is 5. The molecule has 0 saturated heterocycles. The summed E-state index contributed by atoms with van der Waals surface area (Å²) in [6, 6.07) is -0.215. The van der Waals surface area contributed by atoms with E-state index in [0.29, 0.717) is 11.6 Å². The minimum Gasteiger partial charge on any atom is -0.298 e. The molecule has 0 aromatic carbocycles. The Morgan fingerprint density at radius 1 is 0.929 bits per heavy atom. The molecule has 0 amide bonds. The molecule has 4 saturated carbocycles. The van der Waals surface area contributed by atoms with Crippen LogP contribution in [0.4, 0.5) is 0 Å². The van der Waals surface area contributed by atoms with Gasteiger partial charge in [-0.3, -0.25) is 14.2 Å². The van der Waals surface area contributed by atoms with Gasteiger partial charge in [0.1, 0.15) is 18.2 Å². The maximum Gasteiger partial charge on any atom is 0.192 e. The number of hydrogen-bond donors (Lipinski definition) is 0. The SMILES string of the molecule is CC1(C)[C@H]2CC[C@@]1(C)[C@H](Sc1nncn1[C@H]1C(=O)[C@H]3CC[C@@]1(C)C3(C)C)C2=O. The van der Waals surface area contributed by atoms with Gasteiger partial charge >= 0.3 is 0 Å². The lowest BCUT2D eigenvalue weighted by Gasteiger charge is -2.39. The Hall–Kier alpha value is -1.17. The van der Waals surface area contributed by atoms with Crippen molar-refractivity contribution in [3.8, 4) is 0 Å². The summed E-state index contributed by atoms with van der Waals surface area (Å²) in [5.74, 6) is 0.950. The van der Waals surface area contributed by atoms with Crippen molar-refractivity contribution in [2.75, 3.05) is 0 Å². The van der Waals surface area contributed by atoms with E-state index in [0.717, 1.165) is 30.8 Å². The van der Waals surface area contributed by atoms with E-state index in [1.165, 1.54) is 0 Å². The summed E-state index contributed by atoms with van der Waals surface area (Å²) >= 11 is 1.56. The lowest BCUT2D eigenvalue weighted by atomic mass is 9.69. The van der Waals surface area contributed by atoms with Crippen LogP contribution in [0.2, 0.25) is 0 Å². The second-order valence-electron chi connectivity index (χ2n) is 11.2. The molecule has 0 unspecified atom stereocenters. The van der Waals surface area contributed by atoms with Crippen molar-refractivity contribution >= 4 is 23.3 Å². The molecule has 5 nitrogen and oxygen atoms in total. The van der Waals surface area contributed by atoms with Crippen molar-refractivity contribution in [2.24, 2.45) is 33.5 Å². The molecule has 1 aromatic rings. The minimum absolute atomic E-state index is 0.0167. The van der Waals surface area contributed by atoms with Gasteiger partial charge in [-0.15, -0.1) is 10.2 Å². The summed E-state index contributed by atoms with van der Waals surface area (Å²) < 4.78 is 2.00. The van der Waals surface area contributed by atoms with Crippen LogP contribution in [0.3, 0.4) is 0 Å². The van der Waals surface area contributed by atoms with E-state index in [1.54, 1.807) is 18.1 Å². The van der Waals surface area contributed by atoms with Gasteiger partial charge < -0.3 is 0 Å². The van der Waals surface area contributed by atoms with E-state index in [9.17, 15) is 9.59 Å². The van der Waals surface area contributed by atoms with Gasteiger partial charge in [0.25, 0.3) is 0 Å². The van der Waals surface area contributed by atoms with Gasteiger partial charge in [0, 0.05) is 17.3 Å². The first-order valence-corrected chi connectivity index (χ1v) is 11.5. The van der Waals surface area contributed by atoms with Crippen molar-refractivity contribution < 1.29 is 9.59 Å². The van der Waals surface area contributed by atoms with Gasteiger partial charge in [0.2, 0.25) is 0 Å². The first-order chi connectivity index (χ1) is 13.0. The molecule has 4 fully saturated rings. The average Bonchev–Trinajstić information content (AvgIpc) is 3.27. The molecule has 1 heterocycles. The fourth-order valence-corrected chi connectivity index (χ4v) is 8.78. The van der Waals surface area contributed by atoms with Crippen molar-refractivity contribution in [3.63, 3.8) is 0 Å². The molecular weight excluding hydrogens is 370 g/mol. The third-order valence-electron chi connectivity index (χ3n) is 10.0. The minimum atomic E-state index is -0.215. The maximum absolute atomic E-state index is 13.3. The van der Waals surface area contributed by atoms with Gasteiger partial charge in [-0.05, 0) is 41.9 Å². The average molecular weight is 402 g/mol. The molecule has 4 bridgehead atoms. The molecule has 5 rings (SSSR count). The fraction of sp³-hybridized carbons (Fsp3) is 0.818. The van der Waals surface area contributed by atoms with Crippen molar-refractivity contribution in [1.82, 2.24) is 14.8 Å². The Balaban J connectivity index is 1.51. The summed E-state index contributed by atoms with van der Waals surface area (Å²) in [6.07, 6.45) is 5.84. The molecule has 0 aliphatic heterocycles. The zero-order chi connectivity index (χ0) is 20.3. The molecular formula is C22H31N3O2S. The van der Waals surface area contributed by atoms with Crippen LogP contribution in [0, 0.1) is 33.5 Å². The smallest absolute Gasteiger partial charge is 0.192 e.